The molecule has 0 radical (unpaired) electrons. The predicted octanol–water partition coefficient (Wildman–Crippen LogP) is 3.99. The third kappa shape index (κ3) is 5.68. The van der Waals surface area contributed by atoms with E-state index in [-0.39, 0.29) is 30.7 Å². The lowest BCUT2D eigenvalue weighted by molar-refractivity contribution is -0.118. The molecule has 4 aromatic rings. The summed E-state index contributed by atoms with van der Waals surface area (Å²) in [6.07, 6.45) is 1.60. The molecule has 0 fully saturated rings. The summed E-state index contributed by atoms with van der Waals surface area (Å²) in [4.78, 5) is 33.7. The Kier molecular flexibility index (Phi) is 6.86. The molecule has 0 spiro atoms. The second-order valence-electron chi connectivity index (χ2n) is 8.85. The zero-order valence-corrected chi connectivity index (χ0v) is 20.5. The second kappa shape index (κ2) is 10.0. The lowest BCUT2D eigenvalue weighted by atomic mass is 10.1. The number of fused-ring (bicyclic) bond motifs is 1. The molecule has 0 bridgehead atoms. The molecule has 0 aliphatic heterocycles. The lowest BCUT2D eigenvalue weighted by Gasteiger charge is -2.13. The monoisotopic (exact) mass is 475 g/mol. The maximum absolute atomic E-state index is 12.6. The third-order valence-corrected chi connectivity index (χ3v) is 5.40. The molecule has 2 heterocycles. The van der Waals surface area contributed by atoms with E-state index in [1.165, 1.54) is 10.6 Å². The summed E-state index contributed by atoms with van der Waals surface area (Å²) in [5.41, 5.74) is 3.87. The summed E-state index contributed by atoms with van der Waals surface area (Å²) in [7, 11) is 0. The van der Waals surface area contributed by atoms with Gasteiger partial charge in [0.15, 0.2) is 6.61 Å². The third-order valence-electron chi connectivity index (χ3n) is 5.40. The van der Waals surface area contributed by atoms with Crippen LogP contribution in [0.4, 0.5) is 5.69 Å². The number of nitrogens with zero attached hydrogens (tertiary/aromatic N) is 4. The fourth-order valence-corrected chi connectivity index (χ4v) is 3.76. The van der Waals surface area contributed by atoms with Gasteiger partial charge in [0.2, 0.25) is 0 Å². The number of rotatable bonds is 8. The van der Waals surface area contributed by atoms with E-state index in [1.54, 1.807) is 23.1 Å². The molecule has 0 atom stereocenters. The zero-order chi connectivity index (χ0) is 25.1. The standard InChI is InChI=1S/C26H29N5O4/c1-16(2)30-15-27-26-29-21(12-25(33)31(26)30)13-35-23-11-20(7-6-19(23)5)28-24(32)14-34-22-9-17(3)8-18(4)10-22/h6-12,15-16H,13-14H2,1-5H3,(H,28,32). The minimum Gasteiger partial charge on any atom is -0.487 e. The average molecular weight is 476 g/mol. The van der Waals surface area contributed by atoms with Crippen LogP contribution >= 0.6 is 0 Å². The van der Waals surface area contributed by atoms with E-state index in [0.29, 0.717) is 28.7 Å². The number of nitrogens with one attached hydrogen (secondary N) is 1. The molecule has 0 aliphatic rings. The van der Waals surface area contributed by atoms with Crippen molar-refractivity contribution >= 4 is 17.4 Å². The summed E-state index contributed by atoms with van der Waals surface area (Å²) in [6.45, 7) is 9.79. The Bertz CT molecular complexity index is 1420. The van der Waals surface area contributed by atoms with Gasteiger partial charge in [-0.2, -0.15) is 9.50 Å². The van der Waals surface area contributed by atoms with Crippen LogP contribution in [-0.4, -0.2) is 31.7 Å². The van der Waals surface area contributed by atoms with Crippen LogP contribution in [0.3, 0.4) is 0 Å². The SMILES string of the molecule is Cc1cc(C)cc(OCC(=O)Nc2ccc(C)c(OCc3cc(=O)n4c(ncn4C(C)C)n3)c2)c1. The molecule has 35 heavy (non-hydrogen) atoms. The number of hydrogen-bond acceptors (Lipinski definition) is 6. The lowest BCUT2D eigenvalue weighted by Crippen LogP contribution is -2.23. The van der Waals surface area contributed by atoms with Gasteiger partial charge in [0.05, 0.1) is 5.69 Å². The molecule has 4 rings (SSSR count). The van der Waals surface area contributed by atoms with Crippen LogP contribution in [0.5, 0.6) is 11.5 Å². The second-order valence-corrected chi connectivity index (χ2v) is 8.85. The van der Waals surface area contributed by atoms with E-state index in [4.69, 9.17) is 9.47 Å². The number of benzene rings is 2. The van der Waals surface area contributed by atoms with Crippen molar-refractivity contribution in [3.8, 4) is 11.5 Å². The highest BCUT2D eigenvalue weighted by atomic mass is 16.5. The van der Waals surface area contributed by atoms with Crippen LogP contribution in [-0.2, 0) is 11.4 Å². The molecule has 0 saturated heterocycles. The van der Waals surface area contributed by atoms with E-state index in [1.807, 2.05) is 58.9 Å². The van der Waals surface area contributed by atoms with Crippen LogP contribution in [0.1, 0.15) is 42.3 Å². The van der Waals surface area contributed by atoms with E-state index in [0.717, 1.165) is 16.7 Å². The van der Waals surface area contributed by atoms with Crippen molar-refractivity contribution < 1.29 is 14.3 Å². The molecule has 1 N–H and O–H groups in total. The van der Waals surface area contributed by atoms with Crippen molar-refractivity contribution in [1.82, 2.24) is 19.2 Å². The molecule has 9 heteroatoms. The maximum Gasteiger partial charge on any atom is 0.274 e. The Morgan fingerprint density at radius 2 is 1.77 bits per heavy atom. The summed E-state index contributed by atoms with van der Waals surface area (Å²) < 4.78 is 14.7. The number of anilines is 1. The first kappa shape index (κ1) is 24.0. The van der Waals surface area contributed by atoms with Gasteiger partial charge in [-0.1, -0.05) is 12.1 Å². The van der Waals surface area contributed by atoms with Gasteiger partial charge in [-0.25, -0.2) is 4.98 Å². The van der Waals surface area contributed by atoms with Crippen LogP contribution in [0.25, 0.3) is 5.78 Å². The molecule has 2 aromatic heterocycles. The number of ether oxygens (including phenoxy) is 2. The Morgan fingerprint density at radius 1 is 1.03 bits per heavy atom. The van der Waals surface area contributed by atoms with Crippen molar-refractivity contribution in [1.29, 1.82) is 0 Å². The van der Waals surface area contributed by atoms with E-state index in [2.05, 4.69) is 15.3 Å². The Morgan fingerprint density at radius 3 is 2.49 bits per heavy atom. The van der Waals surface area contributed by atoms with Crippen LogP contribution in [0.2, 0.25) is 0 Å². The number of carbonyl (C=O) groups excluding carboxylic acids is 1. The van der Waals surface area contributed by atoms with Gasteiger partial charge in [-0.15, -0.1) is 0 Å². The summed E-state index contributed by atoms with van der Waals surface area (Å²) in [6, 6.07) is 12.7. The normalized spacial score (nSPS) is 11.1. The van der Waals surface area contributed by atoms with Gasteiger partial charge in [0.25, 0.3) is 17.2 Å². The molecule has 2 aromatic carbocycles. The van der Waals surface area contributed by atoms with Crippen LogP contribution in [0, 0.1) is 20.8 Å². The summed E-state index contributed by atoms with van der Waals surface area (Å²) in [5.74, 6) is 1.28. The average Bonchev–Trinajstić information content (AvgIpc) is 3.22. The van der Waals surface area contributed by atoms with Gasteiger partial charge in [0.1, 0.15) is 24.4 Å². The van der Waals surface area contributed by atoms with Crippen LogP contribution in [0.15, 0.2) is 53.6 Å². The highest BCUT2D eigenvalue weighted by Gasteiger charge is 2.12. The van der Waals surface area contributed by atoms with Crippen molar-refractivity contribution in [3.63, 3.8) is 0 Å². The minimum absolute atomic E-state index is 0.0773. The van der Waals surface area contributed by atoms with Gasteiger partial charge < -0.3 is 14.8 Å². The fraction of sp³-hybridized carbons (Fsp3) is 0.308. The van der Waals surface area contributed by atoms with Crippen molar-refractivity contribution in [2.45, 2.75) is 47.3 Å². The minimum atomic E-state index is -0.278. The van der Waals surface area contributed by atoms with Gasteiger partial charge in [-0.05, 0) is 69.5 Å². The molecule has 1 amide bonds. The number of aryl methyl sites for hydroxylation is 3. The number of amides is 1. The summed E-state index contributed by atoms with van der Waals surface area (Å²) >= 11 is 0. The van der Waals surface area contributed by atoms with E-state index < -0.39 is 0 Å². The van der Waals surface area contributed by atoms with Crippen molar-refractivity contribution in [3.05, 3.63) is 81.5 Å². The topological polar surface area (TPSA) is 99.7 Å². The molecule has 9 nitrogen and oxygen atoms in total. The highest BCUT2D eigenvalue weighted by Crippen LogP contribution is 2.24. The molecule has 0 saturated carbocycles. The number of aromatic nitrogens is 4. The van der Waals surface area contributed by atoms with Crippen molar-refractivity contribution in [2.24, 2.45) is 0 Å². The predicted molar refractivity (Wildman–Crippen MR) is 133 cm³/mol. The first-order chi connectivity index (χ1) is 16.7. The van der Waals surface area contributed by atoms with Gasteiger partial charge >= 0.3 is 0 Å². The Balaban J connectivity index is 1.41. The molecule has 0 aliphatic carbocycles. The van der Waals surface area contributed by atoms with E-state index >= 15 is 0 Å². The van der Waals surface area contributed by atoms with Gasteiger partial charge in [-0.3, -0.25) is 14.3 Å². The fourth-order valence-electron chi connectivity index (χ4n) is 3.76. The number of hydrogen-bond donors (Lipinski definition) is 1. The Hall–Kier alpha value is -4.14. The molecular formula is C26H29N5O4. The van der Waals surface area contributed by atoms with Crippen LogP contribution < -0.4 is 20.3 Å². The first-order valence-corrected chi connectivity index (χ1v) is 11.4. The molecular weight excluding hydrogens is 446 g/mol. The van der Waals surface area contributed by atoms with Gasteiger partial charge in [0, 0.05) is 23.9 Å². The molecule has 0 unspecified atom stereocenters. The summed E-state index contributed by atoms with van der Waals surface area (Å²) in [5, 5.41) is 2.83. The Labute approximate surface area is 203 Å². The molecule has 182 valence electrons. The quantitative estimate of drug-likeness (QED) is 0.414. The first-order valence-electron chi connectivity index (χ1n) is 11.4. The highest BCUT2D eigenvalue weighted by molar-refractivity contribution is 5.92. The number of carbonyl (C=O) groups is 1. The van der Waals surface area contributed by atoms with Crippen molar-refractivity contribution in [2.75, 3.05) is 11.9 Å². The smallest absolute Gasteiger partial charge is 0.274 e. The largest absolute Gasteiger partial charge is 0.487 e. The van der Waals surface area contributed by atoms with E-state index in [9.17, 15) is 9.59 Å². The zero-order valence-electron chi connectivity index (χ0n) is 20.5. The maximum atomic E-state index is 12.6.